The highest BCUT2D eigenvalue weighted by Gasteiger charge is 2.44. The van der Waals surface area contributed by atoms with Crippen LogP contribution in [-0.2, 0) is 16.1 Å². The summed E-state index contributed by atoms with van der Waals surface area (Å²) in [7, 11) is 0. The highest BCUT2D eigenvalue weighted by atomic mass is 35.5. The number of hydrogen-bond acceptors (Lipinski definition) is 4. The molecule has 0 saturated heterocycles. The molecule has 3 heterocycles. The molecule has 1 atom stereocenters. The van der Waals surface area contributed by atoms with Gasteiger partial charge >= 0.3 is 6.03 Å². The van der Waals surface area contributed by atoms with Gasteiger partial charge in [-0.3, -0.25) is 19.5 Å². The lowest BCUT2D eigenvalue weighted by Gasteiger charge is -2.33. The second kappa shape index (κ2) is 9.23. The summed E-state index contributed by atoms with van der Waals surface area (Å²) in [5.74, 6) is -0.610. The molecule has 4 amide bonds. The van der Waals surface area contributed by atoms with Crippen molar-refractivity contribution in [3.05, 3.63) is 88.9 Å². The topological polar surface area (TPSA) is 94.6 Å². The van der Waals surface area contributed by atoms with Crippen LogP contribution >= 0.6 is 11.6 Å². The first-order chi connectivity index (χ1) is 15.5. The normalized spacial score (nSPS) is 17.8. The van der Waals surface area contributed by atoms with Crippen molar-refractivity contribution in [2.75, 3.05) is 19.6 Å². The molecule has 1 aromatic heterocycles. The van der Waals surface area contributed by atoms with Crippen LogP contribution in [0.3, 0.4) is 0 Å². The monoisotopic (exact) mass is 451 g/mol. The highest BCUT2D eigenvalue weighted by Crippen LogP contribution is 2.38. The van der Waals surface area contributed by atoms with E-state index >= 15 is 0 Å². The molecular weight excluding hydrogens is 430 g/mol. The van der Waals surface area contributed by atoms with Gasteiger partial charge in [-0.2, -0.15) is 0 Å². The van der Waals surface area contributed by atoms with Crippen LogP contribution in [-0.4, -0.2) is 52.3 Å². The van der Waals surface area contributed by atoms with Gasteiger partial charge in [-0.05, 0) is 23.3 Å². The van der Waals surface area contributed by atoms with Crippen molar-refractivity contribution < 1.29 is 14.4 Å². The van der Waals surface area contributed by atoms with Crippen LogP contribution in [0.2, 0.25) is 5.02 Å². The summed E-state index contributed by atoms with van der Waals surface area (Å²) in [5.41, 5.74) is 2.46. The predicted molar refractivity (Wildman–Crippen MR) is 119 cm³/mol. The Balaban J connectivity index is 1.55. The smallest absolute Gasteiger partial charge is 0.322 e. The van der Waals surface area contributed by atoms with Crippen molar-refractivity contribution >= 4 is 29.4 Å². The van der Waals surface area contributed by atoms with Gasteiger partial charge in [-0.25, -0.2) is 4.79 Å². The predicted octanol–water partition coefficient (Wildman–Crippen LogP) is 2.40. The van der Waals surface area contributed by atoms with Crippen LogP contribution in [0.1, 0.15) is 17.2 Å². The van der Waals surface area contributed by atoms with E-state index in [1.165, 1.54) is 9.80 Å². The minimum Gasteiger partial charge on any atom is -0.350 e. The average Bonchev–Trinajstić information content (AvgIpc) is 3.11. The van der Waals surface area contributed by atoms with Crippen molar-refractivity contribution in [2.24, 2.45) is 0 Å². The summed E-state index contributed by atoms with van der Waals surface area (Å²) in [6.45, 7) is 4.28. The van der Waals surface area contributed by atoms with Crippen LogP contribution in [0.15, 0.2) is 72.7 Å². The second-order valence-corrected chi connectivity index (χ2v) is 7.87. The van der Waals surface area contributed by atoms with E-state index in [1.807, 2.05) is 6.07 Å². The summed E-state index contributed by atoms with van der Waals surface area (Å²) in [6.07, 6.45) is 4.91. The zero-order valence-electron chi connectivity index (χ0n) is 17.3. The van der Waals surface area contributed by atoms with E-state index in [0.29, 0.717) is 28.4 Å². The maximum Gasteiger partial charge on any atom is 0.322 e. The molecular formula is C23H22ClN5O3. The lowest BCUT2D eigenvalue weighted by molar-refractivity contribution is -0.132. The van der Waals surface area contributed by atoms with E-state index < -0.39 is 6.04 Å². The maximum absolute atomic E-state index is 13.3. The zero-order valence-corrected chi connectivity index (χ0v) is 18.0. The van der Waals surface area contributed by atoms with Gasteiger partial charge in [-0.1, -0.05) is 41.9 Å². The number of benzene rings is 1. The van der Waals surface area contributed by atoms with Crippen LogP contribution < -0.4 is 10.6 Å². The van der Waals surface area contributed by atoms with Gasteiger partial charge in [0.05, 0.1) is 23.9 Å². The number of rotatable bonds is 7. The number of amides is 4. The highest BCUT2D eigenvalue weighted by molar-refractivity contribution is 6.31. The van der Waals surface area contributed by atoms with Crippen molar-refractivity contribution in [1.82, 2.24) is 25.4 Å². The number of nitrogens with one attached hydrogen (secondary N) is 2. The Kier molecular flexibility index (Phi) is 6.23. The summed E-state index contributed by atoms with van der Waals surface area (Å²) < 4.78 is 0. The fourth-order valence-electron chi connectivity index (χ4n) is 3.87. The third-order valence-corrected chi connectivity index (χ3v) is 5.72. The molecule has 0 aliphatic carbocycles. The van der Waals surface area contributed by atoms with Gasteiger partial charge in [0.1, 0.15) is 6.54 Å². The van der Waals surface area contributed by atoms with Gasteiger partial charge in [0.15, 0.2) is 0 Å². The number of halogens is 1. The molecule has 4 rings (SSSR count). The van der Waals surface area contributed by atoms with Gasteiger partial charge < -0.3 is 15.5 Å². The first kappa shape index (κ1) is 21.6. The van der Waals surface area contributed by atoms with Crippen LogP contribution in [0.5, 0.6) is 0 Å². The Bertz CT molecular complexity index is 1100. The van der Waals surface area contributed by atoms with E-state index in [1.54, 1.807) is 48.8 Å². The molecule has 0 bridgehead atoms. The number of urea groups is 1. The zero-order chi connectivity index (χ0) is 22.7. The number of carbonyl (C=O) groups excluding carboxylic acids is 3. The molecule has 0 spiro atoms. The summed E-state index contributed by atoms with van der Waals surface area (Å²) in [6, 6.07) is 9.68. The molecule has 9 heteroatoms. The average molecular weight is 452 g/mol. The van der Waals surface area contributed by atoms with Crippen molar-refractivity contribution in [3.8, 4) is 0 Å². The summed E-state index contributed by atoms with van der Waals surface area (Å²) >= 11 is 6.36. The Hall–Kier alpha value is -3.65. The van der Waals surface area contributed by atoms with Crippen LogP contribution in [0, 0.1) is 0 Å². The minimum absolute atomic E-state index is 0.128. The Labute approximate surface area is 190 Å². The molecule has 2 aromatic rings. The Morgan fingerprint density at radius 1 is 1.28 bits per heavy atom. The number of aromatic nitrogens is 1. The minimum atomic E-state index is -0.691. The third kappa shape index (κ3) is 4.22. The molecule has 1 unspecified atom stereocenters. The first-order valence-corrected chi connectivity index (χ1v) is 10.5. The lowest BCUT2D eigenvalue weighted by atomic mass is 9.95. The van der Waals surface area contributed by atoms with Gasteiger partial charge in [0.2, 0.25) is 5.91 Å². The maximum atomic E-state index is 13.3. The quantitative estimate of drug-likeness (QED) is 0.632. The first-order valence-electron chi connectivity index (χ1n) is 10.1. The number of pyridine rings is 1. The summed E-state index contributed by atoms with van der Waals surface area (Å²) in [5, 5.41) is 6.12. The number of hydrogen-bond donors (Lipinski definition) is 2. The standard InChI is InChI=1S/C23H22ClN5O3/c1-2-10-29-18-13-28(14-19(30)26-12-15-6-5-9-25-11-15)22(31)20(18)21(27-23(29)32)16-7-3-4-8-17(16)24/h2-9,11,21H,1,10,12-14H2,(H,26,30)(H,27,32). The fourth-order valence-corrected chi connectivity index (χ4v) is 4.12. The van der Waals surface area contributed by atoms with Crippen LogP contribution in [0.25, 0.3) is 0 Å². The number of nitrogens with zero attached hydrogens (tertiary/aromatic N) is 3. The molecule has 0 radical (unpaired) electrons. The molecule has 2 N–H and O–H groups in total. The fraction of sp³-hybridized carbons (Fsp3) is 0.217. The van der Waals surface area contributed by atoms with Crippen molar-refractivity contribution in [1.29, 1.82) is 0 Å². The van der Waals surface area contributed by atoms with Crippen LogP contribution in [0.4, 0.5) is 4.79 Å². The van der Waals surface area contributed by atoms with Crippen molar-refractivity contribution in [3.63, 3.8) is 0 Å². The Morgan fingerprint density at radius 2 is 2.09 bits per heavy atom. The largest absolute Gasteiger partial charge is 0.350 e. The molecule has 32 heavy (non-hydrogen) atoms. The van der Waals surface area contributed by atoms with Gasteiger partial charge in [0, 0.05) is 30.5 Å². The molecule has 0 fully saturated rings. The molecule has 164 valence electrons. The van der Waals surface area contributed by atoms with E-state index in [9.17, 15) is 14.4 Å². The Morgan fingerprint density at radius 3 is 2.81 bits per heavy atom. The van der Waals surface area contributed by atoms with Gasteiger partial charge in [-0.15, -0.1) is 6.58 Å². The van der Waals surface area contributed by atoms with Crippen molar-refractivity contribution in [2.45, 2.75) is 12.6 Å². The van der Waals surface area contributed by atoms with E-state index in [-0.39, 0.29) is 37.5 Å². The molecule has 8 nitrogen and oxygen atoms in total. The van der Waals surface area contributed by atoms with E-state index in [0.717, 1.165) is 5.56 Å². The molecule has 2 aliphatic rings. The lowest BCUT2D eigenvalue weighted by Crippen LogP contribution is -2.47. The third-order valence-electron chi connectivity index (χ3n) is 5.37. The SMILES string of the molecule is C=CCN1C(=O)NC(c2ccccc2Cl)C2=C1CN(CC(=O)NCc1cccnc1)C2=O. The van der Waals surface area contributed by atoms with E-state index in [4.69, 9.17) is 11.6 Å². The number of carbonyl (C=O) groups is 3. The molecule has 0 saturated carbocycles. The van der Waals surface area contributed by atoms with E-state index in [2.05, 4.69) is 22.2 Å². The molecule has 1 aromatic carbocycles. The van der Waals surface area contributed by atoms with Gasteiger partial charge in [0.25, 0.3) is 5.91 Å². The molecule has 2 aliphatic heterocycles. The second-order valence-electron chi connectivity index (χ2n) is 7.46. The summed E-state index contributed by atoms with van der Waals surface area (Å²) in [4.78, 5) is 45.6.